The summed E-state index contributed by atoms with van der Waals surface area (Å²) in [6, 6.07) is 6.27. The molecule has 2 aliphatic heterocycles. The number of rotatable bonds is 2. The average molecular weight is 360 g/mol. The van der Waals surface area contributed by atoms with Crippen LogP contribution < -0.4 is 5.32 Å². The number of hydrogen-bond acceptors (Lipinski definition) is 2. The summed E-state index contributed by atoms with van der Waals surface area (Å²) in [5.74, 6) is 0.989. The van der Waals surface area contributed by atoms with Gasteiger partial charge in [-0.3, -0.25) is 4.79 Å². The Morgan fingerprint density at radius 3 is 2.85 bits per heavy atom. The number of carbonyl (C=O) groups excluding carboxylic acids is 1. The van der Waals surface area contributed by atoms with Crippen LogP contribution in [-0.2, 0) is 17.8 Å². The molecule has 1 unspecified atom stereocenters. The minimum atomic E-state index is 0. The quantitative estimate of drug-likeness (QED) is 0.880. The molecule has 0 saturated carbocycles. The Kier molecular flexibility index (Phi) is 5.10. The standard InChI is InChI=1S/C15H19BrN2O.ClH/c1-10(12-7-17-8-12)15(19)18-6-5-13-11(9-18)3-2-4-14(13)16;/h2-4,10,12,17H,5-9H2,1H3;1H. The second kappa shape index (κ2) is 6.46. The number of amides is 1. The molecule has 1 amide bonds. The Balaban J connectivity index is 0.00000147. The predicted octanol–water partition coefficient (Wildman–Crippen LogP) is 2.61. The van der Waals surface area contributed by atoms with Crippen molar-refractivity contribution in [1.82, 2.24) is 10.2 Å². The zero-order valence-electron chi connectivity index (χ0n) is 11.6. The van der Waals surface area contributed by atoms with Gasteiger partial charge in [0.05, 0.1) is 0 Å². The number of hydrogen-bond donors (Lipinski definition) is 1. The van der Waals surface area contributed by atoms with Crippen molar-refractivity contribution in [3.8, 4) is 0 Å². The van der Waals surface area contributed by atoms with E-state index in [1.54, 1.807) is 0 Å². The van der Waals surface area contributed by atoms with Gasteiger partial charge in [-0.05, 0) is 42.6 Å². The van der Waals surface area contributed by atoms with Crippen LogP contribution in [-0.4, -0.2) is 30.4 Å². The van der Waals surface area contributed by atoms with Crippen molar-refractivity contribution in [2.45, 2.75) is 19.9 Å². The van der Waals surface area contributed by atoms with E-state index in [-0.39, 0.29) is 18.3 Å². The van der Waals surface area contributed by atoms with Gasteiger partial charge in [0, 0.05) is 23.5 Å². The van der Waals surface area contributed by atoms with Gasteiger partial charge in [0.2, 0.25) is 5.91 Å². The van der Waals surface area contributed by atoms with Gasteiger partial charge in [-0.15, -0.1) is 12.4 Å². The van der Waals surface area contributed by atoms with Crippen LogP contribution in [0.25, 0.3) is 0 Å². The lowest BCUT2D eigenvalue weighted by Crippen LogP contribution is -2.51. The molecule has 2 aliphatic rings. The largest absolute Gasteiger partial charge is 0.338 e. The lowest BCUT2D eigenvalue weighted by Gasteiger charge is -2.37. The number of halogens is 2. The molecule has 0 spiro atoms. The van der Waals surface area contributed by atoms with Gasteiger partial charge in [0.15, 0.2) is 0 Å². The highest BCUT2D eigenvalue weighted by atomic mass is 79.9. The van der Waals surface area contributed by atoms with Crippen LogP contribution in [0.15, 0.2) is 22.7 Å². The summed E-state index contributed by atoms with van der Waals surface area (Å²) < 4.78 is 1.17. The Hall–Kier alpha value is -0.580. The number of nitrogens with one attached hydrogen (secondary N) is 1. The van der Waals surface area contributed by atoms with E-state index in [1.165, 1.54) is 15.6 Å². The normalized spacial score (nSPS) is 19.6. The summed E-state index contributed by atoms with van der Waals surface area (Å²) >= 11 is 3.60. The summed E-state index contributed by atoms with van der Waals surface area (Å²) in [4.78, 5) is 14.5. The minimum Gasteiger partial charge on any atom is -0.338 e. The van der Waals surface area contributed by atoms with E-state index < -0.39 is 0 Å². The molecule has 3 rings (SSSR count). The van der Waals surface area contributed by atoms with Crippen LogP contribution >= 0.6 is 28.3 Å². The van der Waals surface area contributed by atoms with E-state index >= 15 is 0 Å². The lowest BCUT2D eigenvalue weighted by atomic mass is 9.87. The van der Waals surface area contributed by atoms with Crippen LogP contribution in [0.1, 0.15) is 18.1 Å². The van der Waals surface area contributed by atoms with E-state index in [2.05, 4.69) is 46.4 Å². The Bertz CT molecular complexity index is 505. The molecule has 0 radical (unpaired) electrons. The summed E-state index contributed by atoms with van der Waals surface area (Å²) in [7, 11) is 0. The summed E-state index contributed by atoms with van der Waals surface area (Å²) in [6.07, 6.45) is 0.956. The van der Waals surface area contributed by atoms with Crippen LogP contribution in [0.5, 0.6) is 0 Å². The van der Waals surface area contributed by atoms with Crippen molar-refractivity contribution in [1.29, 1.82) is 0 Å². The van der Waals surface area contributed by atoms with Gasteiger partial charge in [0.1, 0.15) is 0 Å². The smallest absolute Gasteiger partial charge is 0.226 e. The molecule has 1 saturated heterocycles. The molecular formula is C15H20BrClN2O. The van der Waals surface area contributed by atoms with Crippen LogP contribution in [0, 0.1) is 11.8 Å². The van der Waals surface area contributed by atoms with E-state index in [0.29, 0.717) is 11.8 Å². The Morgan fingerprint density at radius 2 is 2.20 bits per heavy atom. The third-order valence-electron chi connectivity index (χ3n) is 4.43. The average Bonchev–Trinajstić information content (AvgIpc) is 2.35. The fraction of sp³-hybridized carbons (Fsp3) is 0.533. The number of nitrogens with zero attached hydrogens (tertiary/aromatic N) is 1. The first kappa shape index (κ1) is 15.8. The number of benzene rings is 1. The molecule has 0 aromatic heterocycles. The molecule has 110 valence electrons. The molecule has 2 heterocycles. The SMILES string of the molecule is CC(C(=O)N1CCc2c(Br)cccc2C1)C1CNC1.Cl. The molecule has 3 nitrogen and oxygen atoms in total. The topological polar surface area (TPSA) is 32.3 Å². The zero-order valence-corrected chi connectivity index (χ0v) is 14.0. The van der Waals surface area contributed by atoms with Gasteiger partial charge >= 0.3 is 0 Å². The van der Waals surface area contributed by atoms with Crippen molar-refractivity contribution in [3.05, 3.63) is 33.8 Å². The third-order valence-corrected chi connectivity index (χ3v) is 5.17. The van der Waals surface area contributed by atoms with E-state index in [4.69, 9.17) is 0 Å². The molecule has 1 aromatic rings. The van der Waals surface area contributed by atoms with Gasteiger partial charge in [-0.2, -0.15) is 0 Å². The van der Waals surface area contributed by atoms with Crippen LogP contribution in [0.3, 0.4) is 0 Å². The molecule has 1 aromatic carbocycles. The molecule has 5 heteroatoms. The molecule has 0 aliphatic carbocycles. The first-order valence-electron chi connectivity index (χ1n) is 6.92. The molecule has 1 atom stereocenters. The van der Waals surface area contributed by atoms with Crippen molar-refractivity contribution in [2.75, 3.05) is 19.6 Å². The molecule has 1 fully saturated rings. The van der Waals surface area contributed by atoms with E-state index in [9.17, 15) is 4.79 Å². The van der Waals surface area contributed by atoms with Crippen LogP contribution in [0.4, 0.5) is 0 Å². The minimum absolute atomic E-state index is 0. The van der Waals surface area contributed by atoms with Gasteiger partial charge < -0.3 is 10.2 Å². The van der Waals surface area contributed by atoms with E-state index in [1.807, 2.05) is 4.90 Å². The Morgan fingerprint density at radius 1 is 1.45 bits per heavy atom. The molecule has 1 N–H and O–H groups in total. The second-order valence-corrected chi connectivity index (χ2v) is 6.45. The fourth-order valence-corrected chi connectivity index (χ4v) is 3.51. The van der Waals surface area contributed by atoms with Gasteiger partial charge in [-0.1, -0.05) is 35.0 Å². The molecule has 0 bridgehead atoms. The fourth-order valence-electron chi connectivity index (χ4n) is 2.91. The maximum Gasteiger partial charge on any atom is 0.226 e. The van der Waals surface area contributed by atoms with Crippen molar-refractivity contribution in [2.24, 2.45) is 11.8 Å². The van der Waals surface area contributed by atoms with E-state index in [0.717, 1.165) is 32.6 Å². The molecular weight excluding hydrogens is 340 g/mol. The van der Waals surface area contributed by atoms with Crippen molar-refractivity contribution in [3.63, 3.8) is 0 Å². The summed E-state index contributed by atoms with van der Waals surface area (Å²) in [5.41, 5.74) is 2.65. The zero-order chi connectivity index (χ0) is 13.4. The number of fused-ring (bicyclic) bond motifs is 1. The first-order chi connectivity index (χ1) is 9.16. The van der Waals surface area contributed by atoms with Gasteiger partial charge in [0.25, 0.3) is 0 Å². The highest BCUT2D eigenvalue weighted by molar-refractivity contribution is 9.10. The maximum atomic E-state index is 12.5. The second-order valence-electron chi connectivity index (χ2n) is 5.59. The monoisotopic (exact) mass is 358 g/mol. The molecule has 20 heavy (non-hydrogen) atoms. The lowest BCUT2D eigenvalue weighted by molar-refractivity contribution is -0.138. The highest BCUT2D eigenvalue weighted by Gasteiger charge is 2.32. The maximum absolute atomic E-state index is 12.5. The number of carbonyl (C=O) groups is 1. The summed E-state index contributed by atoms with van der Waals surface area (Å²) in [5, 5.41) is 3.25. The predicted molar refractivity (Wildman–Crippen MR) is 86.0 cm³/mol. The highest BCUT2D eigenvalue weighted by Crippen LogP contribution is 2.28. The van der Waals surface area contributed by atoms with Crippen molar-refractivity contribution < 1.29 is 4.79 Å². The first-order valence-corrected chi connectivity index (χ1v) is 7.72. The Labute approximate surface area is 134 Å². The van der Waals surface area contributed by atoms with Crippen molar-refractivity contribution >= 4 is 34.2 Å². The van der Waals surface area contributed by atoms with Gasteiger partial charge in [-0.25, -0.2) is 0 Å². The summed E-state index contributed by atoms with van der Waals surface area (Å²) in [6.45, 7) is 5.66. The third kappa shape index (κ3) is 2.87. The van der Waals surface area contributed by atoms with Crippen LogP contribution in [0.2, 0.25) is 0 Å².